The summed E-state index contributed by atoms with van der Waals surface area (Å²) in [5.74, 6) is -2.46. The Morgan fingerprint density at radius 2 is 2.07 bits per heavy atom. The topological polar surface area (TPSA) is 88.7 Å². The van der Waals surface area contributed by atoms with Crippen LogP contribution in [0.25, 0.3) is 0 Å². The van der Waals surface area contributed by atoms with Gasteiger partial charge in [-0.15, -0.1) is 0 Å². The Bertz CT molecular complexity index is 960. The first-order chi connectivity index (χ1) is 12.7. The summed E-state index contributed by atoms with van der Waals surface area (Å²) in [6.07, 6.45) is 0.817. The maximum Gasteiger partial charge on any atom is 0.231 e. The number of nitrogens with zero attached hydrogens (tertiary/aromatic N) is 3. The monoisotopic (exact) mass is 372 g/mol. The van der Waals surface area contributed by atoms with Gasteiger partial charge in [-0.25, -0.2) is 18.8 Å². The lowest BCUT2D eigenvalue weighted by molar-refractivity contribution is -0.128. The van der Waals surface area contributed by atoms with E-state index in [0.29, 0.717) is 17.2 Å². The molecule has 27 heavy (non-hydrogen) atoms. The van der Waals surface area contributed by atoms with Crippen molar-refractivity contribution in [2.45, 2.75) is 25.3 Å². The molecule has 1 amide bonds. The summed E-state index contributed by atoms with van der Waals surface area (Å²) in [7, 11) is 1.56. The number of carbonyl (C=O) groups excluding carboxylic acids is 2. The Morgan fingerprint density at radius 3 is 2.74 bits per heavy atom. The fourth-order valence-electron chi connectivity index (χ4n) is 2.98. The number of carbonyl (C=O) groups is 2. The van der Waals surface area contributed by atoms with E-state index in [9.17, 15) is 18.4 Å². The van der Waals surface area contributed by atoms with Crippen LogP contribution in [-0.4, -0.2) is 34.6 Å². The minimum absolute atomic E-state index is 0.118. The lowest BCUT2D eigenvalue weighted by Gasteiger charge is -2.33. The molecule has 1 aromatic heterocycles. The second kappa shape index (κ2) is 6.86. The molecule has 2 N–H and O–H groups in total. The smallest absolute Gasteiger partial charge is 0.231 e. The molecule has 0 spiro atoms. The zero-order chi connectivity index (χ0) is 19.8. The number of aromatic nitrogens is 1. The van der Waals surface area contributed by atoms with Crippen LogP contribution < -0.4 is 5.73 Å². The lowest BCUT2D eigenvalue weighted by atomic mass is 9.86. The van der Waals surface area contributed by atoms with Crippen LogP contribution in [-0.2, 0) is 16.8 Å². The van der Waals surface area contributed by atoms with E-state index in [1.807, 2.05) is 0 Å². The van der Waals surface area contributed by atoms with Crippen LogP contribution in [0, 0.1) is 11.6 Å². The highest BCUT2D eigenvalue weighted by Crippen LogP contribution is 2.33. The van der Waals surface area contributed by atoms with Crippen molar-refractivity contribution in [1.29, 1.82) is 0 Å². The third kappa shape index (κ3) is 3.69. The van der Waals surface area contributed by atoms with Crippen molar-refractivity contribution in [2.75, 3.05) is 7.05 Å². The van der Waals surface area contributed by atoms with Crippen LogP contribution in [0.1, 0.15) is 35.0 Å². The van der Waals surface area contributed by atoms with Gasteiger partial charge in [0, 0.05) is 19.5 Å². The predicted molar refractivity (Wildman–Crippen MR) is 95.0 cm³/mol. The van der Waals surface area contributed by atoms with Gasteiger partial charge in [0.05, 0.1) is 18.2 Å². The van der Waals surface area contributed by atoms with Crippen LogP contribution >= 0.6 is 0 Å². The van der Waals surface area contributed by atoms with E-state index < -0.39 is 28.7 Å². The molecule has 1 atom stereocenters. The largest absolute Gasteiger partial charge is 0.369 e. The van der Waals surface area contributed by atoms with Gasteiger partial charge in [0.25, 0.3) is 0 Å². The fourth-order valence-corrected chi connectivity index (χ4v) is 2.98. The molecule has 0 aliphatic carbocycles. The summed E-state index contributed by atoms with van der Waals surface area (Å²) in [4.78, 5) is 33.7. The third-order valence-corrected chi connectivity index (χ3v) is 4.56. The number of amides is 1. The first kappa shape index (κ1) is 18.6. The minimum atomic E-state index is -0.999. The Labute approximate surface area is 154 Å². The summed E-state index contributed by atoms with van der Waals surface area (Å²) in [5.41, 5.74) is 5.87. The van der Waals surface area contributed by atoms with Gasteiger partial charge in [0.2, 0.25) is 5.91 Å². The molecule has 1 aromatic carbocycles. The second-order valence-corrected chi connectivity index (χ2v) is 6.66. The zero-order valence-corrected chi connectivity index (χ0v) is 14.9. The summed E-state index contributed by atoms with van der Waals surface area (Å²) in [5, 5.41) is 0. The molecule has 140 valence electrons. The number of hydrogen-bond donors (Lipinski definition) is 1. The fraction of sp³-hybridized carbons (Fsp3) is 0.263. The predicted octanol–water partition coefficient (Wildman–Crippen LogP) is 2.18. The normalized spacial score (nSPS) is 19.8. The van der Waals surface area contributed by atoms with Gasteiger partial charge in [-0.05, 0) is 18.1 Å². The minimum Gasteiger partial charge on any atom is -0.369 e. The average molecular weight is 372 g/mol. The van der Waals surface area contributed by atoms with Crippen molar-refractivity contribution >= 4 is 17.6 Å². The summed E-state index contributed by atoms with van der Waals surface area (Å²) >= 11 is 0. The van der Waals surface area contributed by atoms with Crippen LogP contribution in [0.2, 0.25) is 0 Å². The van der Waals surface area contributed by atoms with E-state index in [2.05, 4.69) is 9.98 Å². The van der Waals surface area contributed by atoms with Crippen LogP contribution in [0.15, 0.2) is 41.5 Å². The van der Waals surface area contributed by atoms with Crippen LogP contribution in [0.4, 0.5) is 8.78 Å². The van der Waals surface area contributed by atoms with Crippen molar-refractivity contribution < 1.29 is 18.4 Å². The van der Waals surface area contributed by atoms with Crippen molar-refractivity contribution in [3.63, 3.8) is 0 Å². The first-order valence-corrected chi connectivity index (χ1v) is 8.25. The zero-order valence-electron chi connectivity index (χ0n) is 14.9. The molecule has 3 rings (SSSR count). The summed E-state index contributed by atoms with van der Waals surface area (Å²) < 4.78 is 26.7. The van der Waals surface area contributed by atoms with E-state index in [1.54, 1.807) is 38.2 Å². The molecule has 1 unspecified atom stereocenters. The molecule has 1 aliphatic heterocycles. The Morgan fingerprint density at radius 1 is 1.33 bits per heavy atom. The third-order valence-electron chi connectivity index (χ3n) is 4.56. The Hall–Kier alpha value is -3.16. The number of aliphatic imine (C=N–C) groups is 1. The van der Waals surface area contributed by atoms with E-state index in [1.165, 1.54) is 4.90 Å². The van der Waals surface area contributed by atoms with Gasteiger partial charge in [-0.3, -0.25) is 14.5 Å². The molecule has 6 nitrogen and oxygen atoms in total. The van der Waals surface area contributed by atoms with Gasteiger partial charge in [0.15, 0.2) is 17.6 Å². The highest BCUT2D eigenvalue weighted by atomic mass is 19.1. The number of benzene rings is 1. The van der Waals surface area contributed by atoms with Gasteiger partial charge in [-0.1, -0.05) is 24.3 Å². The van der Waals surface area contributed by atoms with Gasteiger partial charge in [0.1, 0.15) is 11.5 Å². The molecule has 1 aliphatic rings. The van der Waals surface area contributed by atoms with Crippen molar-refractivity contribution in [1.82, 2.24) is 9.88 Å². The quantitative estimate of drug-likeness (QED) is 0.833. The molecule has 2 heterocycles. The number of rotatable bonds is 4. The van der Waals surface area contributed by atoms with Crippen molar-refractivity contribution in [3.05, 3.63) is 65.0 Å². The molecule has 2 aromatic rings. The van der Waals surface area contributed by atoms with E-state index in [-0.39, 0.29) is 24.7 Å². The van der Waals surface area contributed by atoms with Gasteiger partial charge >= 0.3 is 0 Å². The molecule has 0 bridgehead atoms. The average Bonchev–Trinajstić information content (AvgIpc) is 2.59. The van der Waals surface area contributed by atoms with Crippen molar-refractivity contribution in [2.24, 2.45) is 10.7 Å². The Balaban J connectivity index is 1.88. The SMILES string of the molecule is CN1C(=O)CC(C)(c2cccc(CC(=O)c3ncc(F)cc3F)c2)N=C1N. The number of pyridine rings is 1. The number of ketones is 1. The number of Topliss-reactive ketones (excluding diaryl/α,β-unsaturated/α-hetero) is 1. The van der Waals surface area contributed by atoms with Crippen LogP contribution in [0.5, 0.6) is 0 Å². The van der Waals surface area contributed by atoms with Crippen molar-refractivity contribution in [3.8, 4) is 0 Å². The summed E-state index contributed by atoms with van der Waals surface area (Å²) in [6.45, 7) is 1.78. The van der Waals surface area contributed by atoms with Gasteiger partial charge in [-0.2, -0.15) is 0 Å². The van der Waals surface area contributed by atoms with Crippen LogP contribution in [0.3, 0.4) is 0 Å². The van der Waals surface area contributed by atoms with E-state index >= 15 is 0 Å². The number of hydrogen-bond acceptors (Lipinski definition) is 5. The highest BCUT2D eigenvalue weighted by Gasteiger charge is 2.36. The molecular weight excluding hydrogens is 354 g/mol. The number of nitrogens with two attached hydrogens (primary N) is 1. The number of guanidine groups is 1. The molecule has 0 fully saturated rings. The molecular formula is C19H18F2N4O2. The van der Waals surface area contributed by atoms with E-state index in [0.717, 1.165) is 6.20 Å². The molecule has 0 saturated heterocycles. The first-order valence-electron chi connectivity index (χ1n) is 8.25. The van der Waals surface area contributed by atoms with E-state index in [4.69, 9.17) is 5.73 Å². The maximum atomic E-state index is 13.8. The highest BCUT2D eigenvalue weighted by molar-refractivity contribution is 5.99. The molecule has 8 heteroatoms. The maximum absolute atomic E-state index is 13.8. The molecule has 0 saturated carbocycles. The van der Waals surface area contributed by atoms with Gasteiger partial charge < -0.3 is 5.73 Å². The standard InChI is InChI=1S/C19H18F2N4O2/c1-19(9-16(27)25(2)18(22)24-19)12-5-3-4-11(6-12)7-15(26)17-14(21)8-13(20)10-23-17/h3-6,8,10H,7,9H2,1-2H3,(H2,22,24). The second-order valence-electron chi connectivity index (χ2n) is 6.66. The summed E-state index contributed by atoms with van der Waals surface area (Å²) in [6, 6.07) is 7.58. The number of halogens is 2. The molecule has 0 radical (unpaired) electrons. The Kier molecular flexibility index (Phi) is 4.73. The lowest BCUT2D eigenvalue weighted by Crippen LogP contribution is -2.47.